The molecule has 0 spiro atoms. The Morgan fingerprint density at radius 1 is 0.366 bits per heavy atom. The van der Waals surface area contributed by atoms with Gasteiger partial charge in [0.05, 0.1) is 0 Å². The van der Waals surface area contributed by atoms with Crippen molar-refractivity contribution in [2.45, 2.75) is 206 Å². The van der Waals surface area contributed by atoms with Crippen molar-refractivity contribution >= 4 is 5.69 Å². The second-order valence-electron chi connectivity index (χ2n) is 13.4. The molecule has 0 aromatic heterocycles. The lowest BCUT2D eigenvalue weighted by Crippen LogP contribution is -2.18. The van der Waals surface area contributed by atoms with Crippen LogP contribution in [0.5, 0.6) is 0 Å². The first-order valence-corrected chi connectivity index (χ1v) is 19.1. The molecule has 0 N–H and O–H groups in total. The van der Waals surface area contributed by atoms with Crippen LogP contribution in [0.3, 0.4) is 0 Å². The second-order valence-corrected chi connectivity index (χ2v) is 13.4. The van der Waals surface area contributed by atoms with Gasteiger partial charge in [0, 0.05) is 19.3 Å². The number of hydrogen-bond donors (Lipinski definition) is 0. The van der Waals surface area contributed by atoms with E-state index in [0.29, 0.717) is 0 Å². The molecule has 0 radical (unpaired) electrons. The van der Waals surface area contributed by atoms with Gasteiger partial charge in [-0.25, -0.2) is 0 Å². The fourth-order valence-electron chi connectivity index (χ4n) is 6.29. The molecule has 0 fully saturated rings. The number of benzene rings is 1. The summed E-state index contributed by atoms with van der Waals surface area (Å²) >= 11 is 0. The van der Waals surface area contributed by atoms with E-state index in [1.165, 1.54) is 210 Å². The molecule has 0 saturated heterocycles. The maximum absolute atomic E-state index is 2.45. The van der Waals surface area contributed by atoms with Crippen molar-refractivity contribution < 1.29 is 0 Å². The number of unbranched alkanes of at least 4 members (excludes halogenated alkanes) is 27. The van der Waals surface area contributed by atoms with Crippen molar-refractivity contribution in [3.63, 3.8) is 0 Å². The molecule has 0 saturated carbocycles. The van der Waals surface area contributed by atoms with Gasteiger partial charge < -0.3 is 4.90 Å². The minimum Gasteiger partial charge on any atom is -0.375 e. The molecule has 240 valence electrons. The van der Waals surface area contributed by atoms with E-state index in [9.17, 15) is 0 Å². The first-order chi connectivity index (χ1) is 20.3. The van der Waals surface area contributed by atoms with Gasteiger partial charge in [-0.2, -0.15) is 0 Å². The van der Waals surface area contributed by atoms with E-state index in [1.807, 2.05) is 0 Å². The molecular weight excluding hydrogens is 494 g/mol. The lowest BCUT2D eigenvalue weighted by Gasteiger charge is -2.19. The van der Waals surface area contributed by atoms with Gasteiger partial charge in [0.2, 0.25) is 0 Å². The van der Waals surface area contributed by atoms with Gasteiger partial charge in [-0.3, -0.25) is 0 Å². The highest BCUT2D eigenvalue weighted by atomic mass is 15.1. The summed E-state index contributed by atoms with van der Waals surface area (Å²) < 4.78 is 0. The minimum atomic E-state index is 1.19. The monoisotopic (exact) mass is 570 g/mol. The van der Waals surface area contributed by atoms with E-state index in [2.05, 4.69) is 50.1 Å². The summed E-state index contributed by atoms with van der Waals surface area (Å²) in [5.74, 6) is 0. The lowest BCUT2D eigenvalue weighted by atomic mass is 10.0. The fourth-order valence-corrected chi connectivity index (χ4v) is 6.29. The van der Waals surface area contributed by atoms with E-state index in [1.54, 1.807) is 0 Å². The maximum atomic E-state index is 2.45. The van der Waals surface area contributed by atoms with Gasteiger partial charge >= 0.3 is 0 Å². The van der Waals surface area contributed by atoms with Gasteiger partial charge in [-0.1, -0.05) is 199 Å². The van der Waals surface area contributed by atoms with Gasteiger partial charge in [-0.05, 0) is 37.0 Å². The van der Waals surface area contributed by atoms with Crippen LogP contribution in [-0.4, -0.2) is 13.6 Å². The highest BCUT2D eigenvalue weighted by molar-refractivity contribution is 5.46. The Kier molecular flexibility index (Phi) is 28.3. The van der Waals surface area contributed by atoms with E-state index >= 15 is 0 Å². The lowest BCUT2D eigenvalue weighted by molar-refractivity contribution is 0.527. The molecule has 0 heterocycles. The number of rotatable bonds is 32. The average molecular weight is 570 g/mol. The van der Waals surface area contributed by atoms with Crippen LogP contribution in [0.15, 0.2) is 24.3 Å². The van der Waals surface area contributed by atoms with Crippen LogP contribution < -0.4 is 4.90 Å². The minimum absolute atomic E-state index is 1.19. The molecule has 1 aromatic carbocycles. The van der Waals surface area contributed by atoms with E-state index in [4.69, 9.17) is 0 Å². The predicted molar refractivity (Wildman–Crippen MR) is 189 cm³/mol. The number of anilines is 1. The van der Waals surface area contributed by atoms with Crippen molar-refractivity contribution in [2.75, 3.05) is 18.5 Å². The molecule has 0 aliphatic heterocycles. The molecule has 1 nitrogen and oxygen atoms in total. The molecule has 0 unspecified atom stereocenters. The summed E-state index contributed by atoms with van der Waals surface area (Å²) in [5, 5.41) is 0. The van der Waals surface area contributed by atoms with Crippen LogP contribution in [0.4, 0.5) is 5.69 Å². The Labute approximate surface area is 260 Å². The first-order valence-electron chi connectivity index (χ1n) is 19.1. The van der Waals surface area contributed by atoms with Gasteiger partial charge in [-0.15, -0.1) is 0 Å². The second kappa shape index (κ2) is 30.5. The van der Waals surface area contributed by atoms with Crippen LogP contribution in [-0.2, 0) is 6.42 Å². The van der Waals surface area contributed by atoms with E-state index in [0.717, 1.165) is 0 Å². The van der Waals surface area contributed by atoms with Crippen molar-refractivity contribution in [1.82, 2.24) is 0 Å². The molecule has 0 aliphatic rings. The SMILES string of the molecule is CCCCCCCCCCCCCCCCCCCc1ccc(N(C)CCCCCCCCCCCCCC)cc1. The molecule has 41 heavy (non-hydrogen) atoms. The number of nitrogens with zero attached hydrogens (tertiary/aromatic N) is 1. The van der Waals surface area contributed by atoms with Crippen LogP contribution in [0.25, 0.3) is 0 Å². The Hall–Kier alpha value is -0.980. The number of aryl methyl sites for hydroxylation is 1. The normalized spacial score (nSPS) is 11.4. The molecule has 1 rings (SSSR count). The maximum Gasteiger partial charge on any atom is 0.0363 e. The Morgan fingerprint density at radius 3 is 1.00 bits per heavy atom. The summed E-state index contributed by atoms with van der Waals surface area (Å²) in [5.41, 5.74) is 2.91. The predicted octanol–water partition coefficient (Wildman–Crippen LogP) is 14.0. The summed E-state index contributed by atoms with van der Waals surface area (Å²) in [6.45, 7) is 5.80. The van der Waals surface area contributed by atoms with Crippen molar-refractivity contribution in [3.8, 4) is 0 Å². The first kappa shape index (κ1) is 38.0. The van der Waals surface area contributed by atoms with Gasteiger partial charge in [0.1, 0.15) is 0 Å². The zero-order valence-electron chi connectivity index (χ0n) is 28.7. The van der Waals surface area contributed by atoms with E-state index < -0.39 is 0 Å². The zero-order valence-corrected chi connectivity index (χ0v) is 28.7. The third kappa shape index (κ3) is 25.3. The summed E-state index contributed by atoms with van der Waals surface area (Å²) in [6, 6.07) is 9.45. The molecule has 0 atom stereocenters. The average Bonchev–Trinajstić information content (AvgIpc) is 2.99. The van der Waals surface area contributed by atoms with Crippen molar-refractivity contribution in [3.05, 3.63) is 29.8 Å². The molecule has 1 aromatic rings. The zero-order chi connectivity index (χ0) is 29.5. The fraction of sp³-hybridized carbons (Fsp3) is 0.850. The largest absolute Gasteiger partial charge is 0.375 e. The van der Waals surface area contributed by atoms with Crippen LogP contribution in [0.2, 0.25) is 0 Å². The van der Waals surface area contributed by atoms with E-state index in [-0.39, 0.29) is 0 Å². The molecule has 0 bridgehead atoms. The Morgan fingerprint density at radius 2 is 0.659 bits per heavy atom. The van der Waals surface area contributed by atoms with Crippen LogP contribution >= 0.6 is 0 Å². The highest BCUT2D eigenvalue weighted by Gasteiger charge is 2.02. The summed E-state index contributed by atoms with van der Waals surface area (Å²) in [4.78, 5) is 2.45. The Balaban J connectivity index is 1.88. The third-order valence-electron chi connectivity index (χ3n) is 9.29. The van der Waals surface area contributed by atoms with Crippen molar-refractivity contribution in [2.24, 2.45) is 0 Å². The smallest absolute Gasteiger partial charge is 0.0363 e. The Bertz CT molecular complexity index is 620. The summed E-state index contributed by atoms with van der Waals surface area (Å²) in [7, 11) is 2.27. The van der Waals surface area contributed by atoms with Gasteiger partial charge in [0.15, 0.2) is 0 Å². The van der Waals surface area contributed by atoms with Gasteiger partial charge in [0.25, 0.3) is 0 Å². The topological polar surface area (TPSA) is 3.24 Å². The standard InChI is InChI=1S/C40H75N/c1-4-6-8-10-12-14-16-18-19-20-21-22-23-25-27-29-31-33-39-34-36-40(37-35-39)41(3)38-32-30-28-26-24-17-15-13-11-9-7-5-2/h34-37H,4-33,38H2,1-3H3. The molecule has 1 heteroatoms. The van der Waals surface area contributed by atoms with Crippen LogP contribution in [0.1, 0.15) is 206 Å². The highest BCUT2D eigenvalue weighted by Crippen LogP contribution is 2.18. The van der Waals surface area contributed by atoms with Crippen LogP contribution in [0, 0.1) is 0 Å². The summed E-state index contributed by atoms with van der Waals surface area (Å²) in [6.07, 6.45) is 43.0. The van der Waals surface area contributed by atoms with Crippen molar-refractivity contribution in [1.29, 1.82) is 0 Å². The molecular formula is C40H75N. The quantitative estimate of drug-likeness (QED) is 0.0780. The molecule has 0 aliphatic carbocycles. The molecule has 0 amide bonds. The number of hydrogen-bond acceptors (Lipinski definition) is 1. The third-order valence-corrected chi connectivity index (χ3v) is 9.29.